The van der Waals surface area contributed by atoms with Crippen molar-refractivity contribution in [2.45, 2.75) is 56.8 Å². The number of hydrogen-bond donors (Lipinski definition) is 3. The Kier molecular flexibility index (Phi) is 8.38. The fourth-order valence-electron chi connectivity index (χ4n) is 3.38. The summed E-state index contributed by atoms with van der Waals surface area (Å²) < 4.78 is 22.5. The minimum Gasteiger partial charge on any atom is -0.357 e. The van der Waals surface area contributed by atoms with Crippen LogP contribution >= 0.6 is 0 Å². The molecule has 26 heavy (non-hydrogen) atoms. The molecule has 4 N–H and O–H groups in total. The molecular weight excluding hydrogens is 348 g/mol. The van der Waals surface area contributed by atoms with Crippen molar-refractivity contribution in [3.63, 3.8) is 0 Å². The Hall–Kier alpha value is -1.60. The SMILES string of the molecule is CCNC(=NCCCC1CCCC1)NCCc1ccc(S(N)(=O)=O)cc1. The highest BCUT2D eigenvalue weighted by molar-refractivity contribution is 7.89. The summed E-state index contributed by atoms with van der Waals surface area (Å²) in [6.07, 6.45) is 8.82. The van der Waals surface area contributed by atoms with Gasteiger partial charge in [0, 0.05) is 19.6 Å². The van der Waals surface area contributed by atoms with Crippen molar-refractivity contribution in [2.75, 3.05) is 19.6 Å². The highest BCUT2D eigenvalue weighted by atomic mass is 32.2. The summed E-state index contributed by atoms with van der Waals surface area (Å²) >= 11 is 0. The number of guanidine groups is 1. The number of hydrogen-bond acceptors (Lipinski definition) is 3. The molecule has 0 amide bonds. The molecule has 0 unspecified atom stereocenters. The number of rotatable bonds is 9. The van der Waals surface area contributed by atoms with E-state index in [0.29, 0.717) is 0 Å². The summed E-state index contributed by atoms with van der Waals surface area (Å²) in [6, 6.07) is 6.69. The molecule has 1 aliphatic rings. The minimum absolute atomic E-state index is 0.145. The van der Waals surface area contributed by atoms with Gasteiger partial charge in [0.15, 0.2) is 5.96 Å². The topological polar surface area (TPSA) is 96.6 Å². The maximum atomic E-state index is 11.3. The molecule has 0 atom stereocenters. The van der Waals surface area contributed by atoms with E-state index in [-0.39, 0.29) is 4.90 Å². The highest BCUT2D eigenvalue weighted by Crippen LogP contribution is 2.28. The summed E-state index contributed by atoms with van der Waals surface area (Å²) in [5.41, 5.74) is 1.06. The lowest BCUT2D eigenvalue weighted by Gasteiger charge is -2.12. The minimum atomic E-state index is -3.62. The smallest absolute Gasteiger partial charge is 0.238 e. The third kappa shape index (κ3) is 7.33. The van der Waals surface area contributed by atoms with Gasteiger partial charge >= 0.3 is 0 Å². The van der Waals surface area contributed by atoms with Gasteiger partial charge in [0.25, 0.3) is 0 Å². The molecule has 0 saturated heterocycles. The lowest BCUT2D eigenvalue weighted by atomic mass is 10.0. The molecule has 1 aromatic rings. The molecule has 0 radical (unpaired) electrons. The van der Waals surface area contributed by atoms with Gasteiger partial charge in [-0.25, -0.2) is 13.6 Å². The first kappa shape index (κ1) is 20.7. The van der Waals surface area contributed by atoms with Crippen LogP contribution in [0.2, 0.25) is 0 Å². The van der Waals surface area contributed by atoms with E-state index in [0.717, 1.165) is 49.9 Å². The molecule has 0 aliphatic heterocycles. The number of nitrogens with one attached hydrogen (secondary N) is 2. The lowest BCUT2D eigenvalue weighted by Crippen LogP contribution is -2.38. The zero-order chi connectivity index (χ0) is 18.8. The number of sulfonamides is 1. The van der Waals surface area contributed by atoms with E-state index in [1.165, 1.54) is 32.1 Å². The second kappa shape index (κ2) is 10.5. The molecule has 1 fully saturated rings. The Bertz CT molecular complexity index is 665. The van der Waals surface area contributed by atoms with Crippen molar-refractivity contribution >= 4 is 16.0 Å². The predicted molar refractivity (Wildman–Crippen MR) is 107 cm³/mol. The quantitative estimate of drug-likeness (QED) is 0.348. The molecule has 0 aromatic heterocycles. The van der Waals surface area contributed by atoms with Gasteiger partial charge in [0.05, 0.1) is 4.90 Å². The van der Waals surface area contributed by atoms with Gasteiger partial charge in [-0.1, -0.05) is 37.8 Å². The molecule has 1 aromatic carbocycles. The second-order valence-electron chi connectivity index (χ2n) is 6.92. The Morgan fingerprint density at radius 1 is 1.19 bits per heavy atom. The van der Waals surface area contributed by atoms with Crippen molar-refractivity contribution in [2.24, 2.45) is 16.0 Å². The molecule has 0 bridgehead atoms. The molecule has 146 valence electrons. The first-order chi connectivity index (χ1) is 12.5. The van der Waals surface area contributed by atoms with E-state index >= 15 is 0 Å². The molecular formula is C19H32N4O2S. The third-order valence-electron chi connectivity index (χ3n) is 4.82. The van der Waals surface area contributed by atoms with Gasteiger partial charge in [-0.05, 0) is 49.8 Å². The number of primary sulfonamides is 1. The Morgan fingerprint density at radius 2 is 1.88 bits per heavy atom. The van der Waals surface area contributed by atoms with Gasteiger partial charge in [0.1, 0.15) is 0 Å². The molecule has 0 heterocycles. The fraction of sp³-hybridized carbons (Fsp3) is 0.632. The first-order valence-electron chi connectivity index (χ1n) is 9.63. The van der Waals surface area contributed by atoms with E-state index in [1.54, 1.807) is 24.3 Å². The molecule has 2 rings (SSSR count). The molecule has 7 heteroatoms. The van der Waals surface area contributed by atoms with Gasteiger partial charge in [-0.2, -0.15) is 0 Å². The lowest BCUT2D eigenvalue weighted by molar-refractivity contribution is 0.487. The van der Waals surface area contributed by atoms with E-state index in [1.807, 2.05) is 0 Å². The Labute approximate surface area is 157 Å². The monoisotopic (exact) mass is 380 g/mol. The summed E-state index contributed by atoms with van der Waals surface area (Å²) in [5, 5.41) is 11.7. The van der Waals surface area contributed by atoms with Crippen LogP contribution in [0.4, 0.5) is 0 Å². The maximum Gasteiger partial charge on any atom is 0.238 e. The first-order valence-corrected chi connectivity index (χ1v) is 11.2. The average molecular weight is 381 g/mol. The second-order valence-corrected chi connectivity index (χ2v) is 8.48. The van der Waals surface area contributed by atoms with Crippen LogP contribution in [0, 0.1) is 5.92 Å². The summed E-state index contributed by atoms with van der Waals surface area (Å²) in [7, 11) is -3.62. The number of benzene rings is 1. The summed E-state index contributed by atoms with van der Waals surface area (Å²) in [4.78, 5) is 4.80. The maximum absolute atomic E-state index is 11.3. The normalized spacial score (nSPS) is 16.0. The van der Waals surface area contributed by atoms with Crippen molar-refractivity contribution in [3.8, 4) is 0 Å². The van der Waals surface area contributed by atoms with Crippen LogP contribution in [0.15, 0.2) is 34.2 Å². The average Bonchev–Trinajstić information content (AvgIpc) is 3.12. The Balaban J connectivity index is 1.73. The van der Waals surface area contributed by atoms with Crippen molar-refractivity contribution < 1.29 is 8.42 Å². The zero-order valence-corrected chi connectivity index (χ0v) is 16.5. The van der Waals surface area contributed by atoms with E-state index < -0.39 is 10.0 Å². The molecule has 1 saturated carbocycles. The number of nitrogens with zero attached hydrogens (tertiary/aromatic N) is 1. The van der Waals surface area contributed by atoms with Crippen molar-refractivity contribution in [3.05, 3.63) is 29.8 Å². The van der Waals surface area contributed by atoms with E-state index in [2.05, 4.69) is 22.5 Å². The molecule has 0 spiro atoms. The highest BCUT2D eigenvalue weighted by Gasteiger charge is 2.13. The van der Waals surface area contributed by atoms with Crippen molar-refractivity contribution in [1.29, 1.82) is 0 Å². The summed E-state index contributed by atoms with van der Waals surface area (Å²) in [6.45, 7) is 4.48. The largest absolute Gasteiger partial charge is 0.357 e. The van der Waals surface area contributed by atoms with Crippen LogP contribution in [0.1, 0.15) is 51.0 Å². The van der Waals surface area contributed by atoms with Crippen LogP contribution in [-0.4, -0.2) is 34.0 Å². The van der Waals surface area contributed by atoms with Gasteiger partial charge < -0.3 is 10.6 Å². The van der Waals surface area contributed by atoms with Gasteiger partial charge in [0.2, 0.25) is 10.0 Å². The van der Waals surface area contributed by atoms with Crippen LogP contribution < -0.4 is 15.8 Å². The zero-order valence-electron chi connectivity index (χ0n) is 15.7. The fourth-order valence-corrected chi connectivity index (χ4v) is 3.90. The number of aliphatic imine (C=N–C) groups is 1. The predicted octanol–water partition coefficient (Wildman–Crippen LogP) is 2.40. The van der Waals surface area contributed by atoms with Crippen LogP contribution in [0.5, 0.6) is 0 Å². The molecule has 1 aliphatic carbocycles. The van der Waals surface area contributed by atoms with E-state index in [9.17, 15) is 8.42 Å². The standard InChI is InChI=1S/C19H32N4O2S/c1-2-21-19(22-14-5-8-16-6-3-4-7-16)23-15-13-17-9-11-18(12-10-17)26(20,24)25/h9-12,16H,2-8,13-15H2,1H3,(H2,20,24,25)(H2,21,22,23). The number of nitrogens with two attached hydrogens (primary N) is 1. The molecule has 6 nitrogen and oxygen atoms in total. The van der Waals surface area contributed by atoms with Crippen LogP contribution in [0.25, 0.3) is 0 Å². The van der Waals surface area contributed by atoms with Crippen LogP contribution in [-0.2, 0) is 16.4 Å². The van der Waals surface area contributed by atoms with Crippen LogP contribution in [0.3, 0.4) is 0 Å². The van der Waals surface area contributed by atoms with E-state index in [4.69, 9.17) is 5.14 Å². The third-order valence-corrected chi connectivity index (χ3v) is 5.75. The summed E-state index contributed by atoms with van der Waals surface area (Å²) in [5.74, 6) is 1.76. The van der Waals surface area contributed by atoms with Gasteiger partial charge in [-0.15, -0.1) is 0 Å². The van der Waals surface area contributed by atoms with Crippen molar-refractivity contribution in [1.82, 2.24) is 10.6 Å². The van der Waals surface area contributed by atoms with Gasteiger partial charge in [-0.3, -0.25) is 4.99 Å². The Morgan fingerprint density at radius 3 is 2.50 bits per heavy atom.